The molecule has 2 aromatic carbocycles. The van der Waals surface area contributed by atoms with Gasteiger partial charge in [0.15, 0.2) is 5.76 Å². The number of anilines is 1. The van der Waals surface area contributed by atoms with Gasteiger partial charge in [-0.05, 0) is 42.8 Å². The van der Waals surface area contributed by atoms with Crippen LogP contribution in [0.1, 0.15) is 21.9 Å². The minimum atomic E-state index is -0.489. The summed E-state index contributed by atoms with van der Waals surface area (Å²) >= 11 is 5.98. The van der Waals surface area contributed by atoms with E-state index in [2.05, 4.69) is 10.6 Å². The lowest BCUT2D eigenvalue weighted by Gasteiger charge is -2.08. The van der Waals surface area contributed by atoms with E-state index in [1.165, 1.54) is 6.07 Å². The van der Waals surface area contributed by atoms with Gasteiger partial charge in [-0.3, -0.25) is 9.59 Å². The molecular weight excluding hydrogens is 380 g/mol. The molecule has 28 heavy (non-hydrogen) atoms. The third kappa shape index (κ3) is 5.14. The molecule has 0 saturated carbocycles. The molecule has 0 bridgehead atoms. The first-order chi connectivity index (χ1) is 13.5. The molecule has 1 aromatic heterocycles. The molecule has 0 spiro atoms. The number of hydrogen-bond acceptors (Lipinski definition) is 4. The van der Waals surface area contributed by atoms with Gasteiger partial charge in [0.25, 0.3) is 5.91 Å². The number of ether oxygens (including phenoxy) is 1. The summed E-state index contributed by atoms with van der Waals surface area (Å²) in [5.74, 6) is 0.483. The van der Waals surface area contributed by atoms with Crippen LogP contribution in [0, 0.1) is 6.92 Å². The third-order valence-electron chi connectivity index (χ3n) is 3.91. The van der Waals surface area contributed by atoms with Crippen molar-refractivity contribution in [1.29, 1.82) is 0 Å². The van der Waals surface area contributed by atoms with Crippen LogP contribution >= 0.6 is 11.6 Å². The molecule has 0 saturated heterocycles. The SMILES string of the molecule is Cc1ccccc1OCc1ccc(C(=O)NCC(=O)Nc2ccccc2Cl)o1. The molecule has 0 fully saturated rings. The number of para-hydroxylation sites is 2. The van der Waals surface area contributed by atoms with Crippen LogP contribution in [0.4, 0.5) is 5.69 Å². The fraction of sp³-hybridized carbons (Fsp3) is 0.143. The molecule has 3 rings (SSSR count). The number of hydrogen-bond donors (Lipinski definition) is 2. The summed E-state index contributed by atoms with van der Waals surface area (Å²) < 4.78 is 11.2. The number of furan rings is 1. The van der Waals surface area contributed by atoms with Crippen LogP contribution in [0.2, 0.25) is 5.02 Å². The van der Waals surface area contributed by atoms with Crippen LogP contribution in [0.3, 0.4) is 0 Å². The molecule has 2 amide bonds. The highest BCUT2D eigenvalue weighted by Gasteiger charge is 2.13. The molecule has 0 unspecified atom stereocenters. The topological polar surface area (TPSA) is 80.6 Å². The highest BCUT2D eigenvalue weighted by molar-refractivity contribution is 6.33. The smallest absolute Gasteiger partial charge is 0.287 e. The second-order valence-electron chi connectivity index (χ2n) is 6.03. The molecule has 0 aliphatic rings. The third-order valence-corrected chi connectivity index (χ3v) is 4.24. The molecule has 144 valence electrons. The van der Waals surface area contributed by atoms with Crippen molar-refractivity contribution in [2.24, 2.45) is 0 Å². The van der Waals surface area contributed by atoms with Crippen molar-refractivity contribution in [3.05, 3.63) is 82.8 Å². The average molecular weight is 399 g/mol. The van der Waals surface area contributed by atoms with E-state index in [-0.39, 0.29) is 18.9 Å². The minimum absolute atomic E-state index is 0.105. The van der Waals surface area contributed by atoms with E-state index in [0.717, 1.165) is 11.3 Å². The first kappa shape index (κ1) is 19.5. The van der Waals surface area contributed by atoms with Crippen LogP contribution in [-0.4, -0.2) is 18.4 Å². The quantitative estimate of drug-likeness (QED) is 0.625. The molecule has 6 nitrogen and oxygen atoms in total. The zero-order valence-corrected chi connectivity index (χ0v) is 16.0. The highest BCUT2D eigenvalue weighted by atomic mass is 35.5. The molecule has 7 heteroatoms. The lowest BCUT2D eigenvalue weighted by atomic mass is 10.2. The molecule has 3 aromatic rings. The Hall–Kier alpha value is -3.25. The lowest BCUT2D eigenvalue weighted by molar-refractivity contribution is -0.115. The maximum Gasteiger partial charge on any atom is 0.287 e. The van der Waals surface area contributed by atoms with Crippen LogP contribution < -0.4 is 15.4 Å². The summed E-state index contributed by atoms with van der Waals surface area (Å²) in [5, 5.41) is 5.56. The van der Waals surface area contributed by atoms with E-state index < -0.39 is 11.8 Å². The Morgan fingerprint density at radius 1 is 1.04 bits per heavy atom. The maximum atomic E-state index is 12.2. The number of nitrogens with one attached hydrogen (secondary N) is 2. The summed E-state index contributed by atoms with van der Waals surface area (Å²) in [7, 11) is 0. The lowest BCUT2D eigenvalue weighted by Crippen LogP contribution is -2.32. The number of aryl methyl sites for hydroxylation is 1. The summed E-state index contributed by atoms with van der Waals surface area (Å²) in [4.78, 5) is 24.1. The zero-order valence-electron chi connectivity index (χ0n) is 15.2. The number of amides is 2. The molecule has 2 N–H and O–H groups in total. The van der Waals surface area contributed by atoms with Gasteiger partial charge in [0.1, 0.15) is 18.1 Å². The predicted octanol–water partition coefficient (Wildman–Crippen LogP) is 4.19. The number of benzene rings is 2. The standard InChI is InChI=1S/C21H19ClN2O4/c1-14-6-2-5-9-18(14)27-13-15-10-11-19(28-15)21(26)23-12-20(25)24-17-8-4-3-7-16(17)22/h2-11H,12-13H2,1H3,(H,23,26)(H,24,25). The Morgan fingerprint density at radius 3 is 2.57 bits per heavy atom. The van der Waals surface area contributed by atoms with Crippen molar-refractivity contribution in [3.8, 4) is 5.75 Å². The van der Waals surface area contributed by atoms with Crippen molar-refractivity contribution < 1.29 is 18.7 Å². The van der Waals surface area contributed by atoms with E-state index in [9.17, 15) is 9.59 Å². The Labute approximate surface area is 167 Å². The van der Waals surface area contributed by atoms with E-state index in [0.29, 0.717) is 16.5 Å². The molecular formula is C21H19ClN2O4. The van der Waals surface area contributed by atoms with Gasteiger partial charge in [-0.2, -0.15) is 0 Å². The zero-order chi connectivity index (χ0) is 19.9. The van der Waals surface area contributed by atoms with Crippen molar-refractivity contribution in [1.82, 2.24) is 5.32 Å². The average Bonchev–Trinajstić information content (AvgIpc) is 3.16. The normalized spacial score (nSPS) is 10.4. The van der Waals surface area contributed by atoms with Gasteiger partial charge in [0.2, 0.25) is 5.91 Å². The van der Waals surface area contributed by atoms with Gasteiger partial charge >= 0.3 is 0 Å². The van der Waals surface area contributed by atoms with Crippen LogP contribution in [0.5, 0.6) is 5.75 Å². The first-order valence-corrected chi connectivity index (χ1v) is 9.00. The van der Waals surface area contributed by atoms with E-state index in [1.54, 1.807) is 30.3 Å². The Kier molecular flexibility index (Phi) is 6.34. The van der Waals surface area contributed by atoms with Crippen molar-refractivity contribution in [2.45, 2.75) is 13.5 Å². The Bertz CT molecular complexity index is 984. The van der Waals surface area contributed by atoms with E-state index in [1.807, 2.05) is 31.2 Å². The van der Waals surface area contributed by atoms with Gasteiger partial charge in [-0.15, -0.1) is 0 Å². The van der Waals surface area contributed by atoms with E-state index in [4.69, 9.17) is 20.8 Å². The summed E-state index contributed by atoms with van der Waals surface area (Å²) in [6, 6.07) is 17.7. The monoisotopic (exact) mass is 398 g/mol. The maximum absolute atomic E-state index is 12.2. The predicted molar refractivity (Wildman–Crippen MR) is 107 cm³/mol. The van der Waals surface area contributed by atoms with Crippen molar-refractivity contribution >= 4 is 29.1 Å². The highest BCUT2D eigenvalue weighted by Crippen LogP contribution is 2.20. The van der Waals surface area contributed by atoms with Gasteiger partial charge in [-0.1, -0.05) is 41.9 Å². The van der Waals surface area contributed by atoms with Gasteiger partial charge < -0.3 is 19.8 Å². The second-order valence-corrected chi connectivity index (χ2v) is 6.44. The fourth-order valence-corrected chi connectivity index (χ4v) is 2.63. The fourth-order valence-electron chi connectivity index (χ4n) is 2.45. The number of halogens is 1. The summed E-state index contributed by atoms with van der Waals surface area (Å²) in [6.07, 6.45) is 0. The minimum Gasteiger partial charge on any atom is -0.485 e. The molecule has 1 heterocycles. The van der Waals surface area contributed by atoms with Crippen molar-refractivity contribution in [2.75, 3.05) is 11.9 Å². The van der Waals surface area contributed by atoms with Gasteiger partial charge in [0.05, 0.1) is 17.3 Å². The number of carbonyl (C=O) groups excluding carboxylic acids is 2. The Morgan fingerprint density at radius 2 is 1.79 bits per heavy atom. The molecule has 0 aliphatic heterocycles. The van der Waals surface area contributed by atoms with Crippen LogP contribution in [0.25, 0.3) is 0 Å². The molecule has 0 aliphatic carbocycles. The summed E-state index contributed by atoms with van der Waals surface area (Å²) in [5.41, 5.74) is 1.49. The molecule has 0 atom stereocenters. The van der Waals surface area contributed by atoms with Crippen LogP contribution in [0.15, 0.2) is 65.1 Å². The van der Waals surface area contributed by atoms with E-state index >= 15 is 0 Å². The first-order valence-electron chi connectivity index (χ1n) is 8.62. The largest absolute Gasteiger partial charge is 0.485 e. The van der Waals surface area contributed by atoms with Crippen molar-refractivity contribution in [3.63, 3.8) is 0 Å². The summed E-state index contributed by atoms with van der Waals surface area (Å²) in [6.45, 7) is 1.94. The number of rotatable bonds is 7. The Balaban J connectivity index is 1.49. The van der Waals surface area contributed by atoms with Gasteiger partial charge in [-0.25, -0.2) is 0 Å². The van der Waals surface area contributed by atoms with Gasteiger partial charge in [0, 0.05) is 0 Å². The number of carbonyl (C=O) groups is 2. The second kappa shape index (κ2) is 9.10. The molecule has 0 radical (unpaired) electrons. The van der Waals surface area contributed by atoms with Crippen LogP contribution in [-0.2, 0) is 11.4 Å².